The van der Waals surface area contributed by atoms with E-state index in [4.69, 9.17) is 10.5 Å². The lowest BCUT2D eigenvalue weighted by Gasteiger charge is -2.32. The Balaban J connectivity index is 1.49. The quantitative estimate of drug-likeness (QED) is 0.874. The number of ether oxygens (including phenoxy) is 1. The fraction of sp³-hybridized carbons (Fsp3) is 0.333. The molecular formula is C18H22N2O. The van der Waals surface area contributed by atoms with Gasteiger partial charge in [-0.2, -0.15) is 0 Å². The first-order valence-corrected chi connectivity index (χ1v) is 7.58. The molecule has 0 aromatic heterocycles. The zero-order valence-electron chi connectivity index (χ0n) is 12.2. The van der Waals surface area contributed by atoms with Crippen LogP contribution in [0.4, 0.5) is 5.69 Å². The van der Waals surface area contributed by atoms with Crippen molar-refractivity contribution in [3.63, 3.8) is 0 Å². The molecule has 1 heterocycles. The van der Waals surface area contributed by atoms with Crippen LogP contribution in [-0.2, 0) is 6.54 Å². The predicted molar refractivity (Wildman–Crippen MR) is 86.2 cm³/mol. The van der Waals surface area contributed by atoms with Crippen LogP contribution in [0.3, 0.4) is 0 Å². The van der Waals surface area contributed by atoms with E-state index in [0.29, 0.717) is 6.10 Å². The van der Waals surface area contributed by atoms with Crippen molar-refractivity contribution in [3.05, 3.63) is 60.2 Å². The van der Waals surface area contributed by atoms with Gasteiger partial charge in [0.2, 0.25) is 0 Å². The highest BCUT2D eigenvalue weighted by atomic mass is 16.5. The second-order valence-electron chi connectivity index (χ2n) is 5.65. The molecule has 0 spiro atoms. The van der Waals surface area contributed by atoms with Gasteiger partial charge in [-0.1, -0.05) is 36.4 Å². The number of benzene rings is 2. The minimum atomic E-state index is 0.304. The lowest BCUT2D eigenvalue weighted by molar-refractivity contribution is 0.0968. The van der Waals surface area contributed by atoms with Crippen LogP contribution in [-0.4, -0.2) is 24.1 Å². The molecule has 3 rings (SSSR count). The van der Waals surface area contributed by atoms with Crippen molar-refractivity contribution in [3.8, 4) is 5.75 Å². The number of piperidine rings is 1. The third-order valence-corrected chi connectivity index (χ3v) is 3.94. The Morgan fingerprint density at radius 3 is 2.48 bits per heavy atom. The molecule has 21 heavy (non-hydrogen) atoms. The van der Waals surface area contributed by atoms with Gasteiger partial charge in [0.15, 0.2) is 0 Å². The summed E-state index contributed by atoms with van der Waals surface area (Å²) >= 11 is 0. The fourth-order valence-electron chi connectivity index (χ4n) is 2.81. The van der Waals surface area contributed by atoms with Crippen LogP contribution in [0.15, 0.2) is 54.6 Å². The van der Waals surface area contributed by atoms with Crippen LogP contribution in [0, 0.1) is 0 Å². The Hall–Kier alpha value is -2.00. The molecule has 0 atom stereocenters. The Labute approximate surface area is 126 Å². The zero-order valence-corrected chi connectivity index (χ0v) is 12.2. The van der Waals surface area contributed by atoms with Crippen LogP contribution in [0.5, 0.6) is 5.75 Å². The molecule has 2 aromatic rings. The van der Waals surface area contributed by atoms with E-state index in [-0.39, 0.29) is 0 Å². The summed E-state index contributed by atoms with van der Waals surface area (Å²) in [6, 6.07) is 18.4. The highest BCUT2D eigenvalue weighted by molar-refractivity contribution is 5.43. The first kappa shape index (κ1) is 14.0. The molecule has 3 heteroatoms. The molecular weight excluding hydrogens is 260 g/mol. The first-order valence-electron chi connectivity index (χ1n) is 7.58. The Morgan fingerprint density at radius 2 is 1.76 bits per heavy atom. The molecule has 2 N–H and O–H groups in total. The SMILES string of the molecule is Nc1cccc(OC2CCN(Cc3ccccc3)CC2)c1. The van der Waals surface area contributed by atoms with E-state index < -0.39 is 0 Å². The van der Waals surface area contributed by atoms with E-state index in [1.165, 1.54) is 5.56 Å². The molecule has 1 aliphatic rings. The molecule has 1 aliphatic heterocycles. The summed E-state index contributed by atoms with van der Waals surface area (Å²) < 4.78 is 6.03. The lowest BCUT2D eigenvalue weighted by atomic mass is 10.1. The minimum Gasteiger partial charge on any atom is -0.490 e. The Bertz CT molecular complexity index is 562. The second-order valence-corrected chi connectivity index (χ2v) is 5.65. The van der Waals surface area contributed by atoms with Gasteiger partial charge in [-0.25, -0.2) is 0 Å². The van der Waals surface area contributed by atoms with Crippen molar-refractivity contribution in [2.75, 3.05) is 18.8 Å². The Morgan fingerprint density at radius 1 is 1.00 bits per heavy atom. The van der Waals surface area contributed by atoms with E-state index in [1.54, 1.807) is 0 Å². The summed E-state index contributed by atoms with van der Waals surface area (Å²) in [6.45, 7) is 3.20. The van der Waals surface area contributed by atoms with Crippen molar-refractivity contribution >= 4 is 5.69 Å². The van der Waals surface area contributed by atoms with E-state index in [2.05, 4.69) is 35.2 Å². The third-order valence-electron chi connectivity index (χ3n) is 3.94. The van der Waals surface area contributed by atoms with Crippen LogP contribution >= 0.6 is 0 Å². The predicted octanol–water partition coefficient (Wildman–Crippen LogP) is 3.31. The van der Waals surface area contributed by atoms with Gasteiger partial charge in [0.05, 0.1) is 0 Å². The molecule has 1 saturated heterocycles. The minimum absolute atomic E-state index is 0.304. The van der Waals surface area contributed by atoms with Gasteiger partial charge in [-0.3, -0.25) is 4.90 Å². The zero-order chi connectivity index (χ0) is 14.5. The van der Waals surface area contributed by atoms with E-state index >= 15 is 0 Å². The number of nitrogens with two attached hydrogens (primary N) is 1. The smallest absolute Gasteiger partial charge is 0.121 e. The number of nitrogen functional groups attached to an aromatic ring is 1. The van der Waals surface area contributed by atoms with Gasteiger partial charge in [0.1, 0.15) is 11.9 Å². The van der Waals surface area contributed by atoms with Gasteiger partial charge in [0, 0.05) is 31.4 Å². The van der Waals surface area contributed by atoms with Crippen molar-refractivity contribution in [2.24, 2.45) is 0 Å². The van der Waals surface area contributed by atoms with Crippen LogP contribution < -0.4 is 10.5 Å². The van der Waals surface area contributed by atoms with E-state index in [0.717, 1.165) is 43.9 Å². The molecule has 2 aromatic carbocycles. The molecule has 0 saturated carbocycles. The highest BCUT2D eigenvalue weighted by Gasteiger charge is 2.20. The molecule has 1 fully saturated rings. The summed E-state index contributed by atoms with van der Waals surface area (Å²) in [5, 5.41) is 0. The molecule has 0 aliphatic carbocycles. The summed E-state index contributed by atoms with van der Waals surface area (Å²) in [7, 11) is 0. The first-order chi connectivity index (χ1) is 10.3. The standard InChI is InChI=1S/C18H22N2O/c19-16-7-4-8-18(13-16)21-17-9-11-20(12-10-17)14-15-5-2-1-3-6-15/h1-8,13,17H,9-12,14,19H2. The summed E-state index contributed by atoms with van der Waals surface area (Å²) in [5.74, 6) is 0.886. The number of hydrogen-bond acceptors (Lipinski definition) is 3. The van der Waals surface area contributed by atoms with E-state index in [9.17, 15) is 0 Å². The van der Waals surface area contributed by atoms with Gasteiger partial charge < -0.3 is 10.5 Å². The maximum Gasteiger partial charge on any atom is 0.121 e. The average molecular weight is 282 g/mol. The fourth-order valence-corrected chi connectivity index (χ4v) is 2.81. The topological polar surface area (TPSA) is 38.5 Å². The second kappa shape index (κ2) is 6.64. The van der Waals surface area contributed by atoms with Gasteiger partial charge in [-0.15, -0.1) is 0 Å². The summed E-state index contributed by atoms with van der Waals surface area (Å²) in [6.07, 6.45) is 2.45. The number of hydrogen-bond donors (Lipinski definition) is 1. The van der Waals surface area contributed by atoms with Crippen molar-refractivity contribution in [2.45, 2.75) is 25.5 Å². The molecule has 0 unspecified atom stereocenters. The summed E-state index contributed by atoms with van der Waals surface area (Å²) in [5.41, 5.74) is 7.92. The van der Waals surface area contributed by atoms with E-state index in [1.807, 2.05) is 24.3 Å². The largest absolute Gasteiger partial charge is 0.490 e. The average Bonchev–Trinajstić information content (AvgIpc) is 2.50. The third kappa shape index (κ3) is 3.99. The van der Waals surface area contributed by atoms with Crippen molar-refractivity contribution < 1.29 is 4.74 Å². The van der Waals surface area contributed by atoms with Gasteiger partial charge in [0.25, 0.3) is 0 Å². The normalized spacial score (nSPS) is 16.8. The highest BCUT2D eigenvalue weighted by Crippen LogP contribution is 2.21. The number of nitrogens with zero attached hydrogens (tertiary/aromatic N) is 1. The maximum absolute atomic E-state index is 6.03. The molecule has 0 radical (unpaired) electrons. The van der Waals surface area contributed by atoms with Crippen LogP contribution in [0.2, 0.25) is 0 Å². The molecule has 0 bridgehead atoms. The maximum atomic E-state index is 6.03. The Kier molecular flexibility index (Phi) is 4.41. The molecule has 110 valence electrons. The number of likely N-dealkylation sites (tertiary alicyclic amines) is 1. The number of anilines is 1. The van der Waals surface area contributed by atoms with Gasteiger partial charge in [-0.05, 0) is 30.5 Å². The van der Waals surface area contributed by atoms with Crippen molar-refractivity contribution in [1.29, 1.82) is 0 Å². The monoisotopic (exact) mass is 282 g/mol. The van der Waals surface area contributed by atoms with Gasteiger partial charge >= 0.3 is 0 Å². The lowest BCUT2D eigenvalue weighted by Crippen LogP contribution is -2.37. The molecule has 3 nitrogen and oxygen atoms in total. The van der Waals surface area contributed by atoms with Crippen molar-refractivity contribution in [1.82, 2.24) is 4.90 Å². The van der Waals surface area contributed by atoms with Crippen LogP contribution in [0.1, 0.15) is 18.4 Å². The summed E-state index contributed by atoms with van der Waals surface area (Å²) in [4.78, 5) is 2.49. The van der Waals surface area contributed by atoms with Crippen LogP contribution in [0.25, 0.3) is 0 Å². The number of rotatable bonds is 4. The molecule has 0 amide bonds.